The first-order chi connectivity index (χ1) is 10.9. The molecule has 0 radical (unpaired) electrons. The molecule has 0 aliphatic heterocycles. The van der Waals surface area contributed by atoms with Gasteiger partial charge >= 0.3 is 5.97 Å². The quantitative estimate of drug-likeness (QED) is 0.818. The molecule has 0 fully saturated rings. The van der Waals surface area contributed by atoms with E-state index in [0.29, 0.717) is 17.0 Å². The van der Waals surface area contributed by atoms with Crippen molar-refractivity contribution in [1.29, 1.82) is 0 Å². The monoisotopic (exact) mass is 316 g/mol. The summed E-state index contributed by atoms with van der Waals surface area (Å²) >= 11 is 0. The summed E-state index contributed by atoms with van der Waals surface area (Å²) in [5.74, 6) is -1.17. The van der Waals surface area contributed by atoms with Crippen LogP contribution in [0.4, 0.5) is 5.69 Å². The summed E-state index contributed by atoms with van der Waals surface area (Å²) < 4.78 is 10.2. The molecule has 0 aliphatic carbocycles. The maximum Gasteiger partial charge on any atom is 0.375 e. The number of benzene rings is 1. The zero-order valence-corrected chi connectivity index (χ0v) is 12.7. The molecule has 1 heterocycles. The first-order valence-electron chi connectivity index (χ1n) is 6.85. The van der Waals surface area contributed by atoms with E-state index in [2.05, 4.69) is 5.32 Å². The van der Waals surface area contributed by atoms with Crippen molar-refractivity contribution in [3.63, 3.8) is 0 Å². The lowest BCUT2D eigenvalue weighted by Gasteiger charge is -2.12. The molecule has 0 bridgehead atoms. The average Bonchev–Trinajstić information content (AvgIpc) is 2.94. The van der Waals surface area contributed by atoms with Crippen molar-refractivity contribution in [2.75, 3.05) is 5.32 Å². The van der Waals surface area contributed by atoms with E-state index in [4.69, 9.17) is 14.9 Å². The minimum atomic E-state index is -1.01. The number of furan rings is 1. The molecule has 0 unspecified atom stereocenters. The van der Waals surface area contributed by atoms with Crippen molar-refractivity contribution in [3.8, 4) is 0 Å². The van der Waals surface area contributed by atoms with Gasteiger partial charge in [-0.2, -0.15) is 0 Å². The Kier molecular flexibility index (Phi) is 4.80. The van der Waals surface area contributed by atoms with Gasteiger partial charge in [-0.1, -0.05) is 0 Å². The maximum atomic E-state index is 12.0. The summed E-state index contributed by atoms with van der Waals surface area (Å²) in [5, 5.41) is 2.57. The Labute approximate surface area is 132 Å². The number of hydrogen-bond acceptors (Lipinski definition) is 5. The topological polar surface area (TPSA) is 112 Å². The van der Waals surface area contributed by atoms with E-state index >= 15 is 0 Å². The highest BCUT2D eigenvalue weighted by Gasteiger charge is 2.21. The molecule has 120 valence electrons. The fraction of sp³-hybridized carbons (Fsp3) is 0.188. The number of amides is 2. The van der Waals surface area contributed by atoms with Crippen LogP contribution < -0.4 is 11.1 Å². The standard InChI is InChI=1S/C16H16N2O5/c1-9-3-8-13(22-9)16(21)23-10(2)15(20)18-12-6-4-11(5-7-12)14(17)19/h3-8,10H,1-2H3,(H2,17,19)(H,18,20)/t10-/m1/s1. The molecule has 23 heavy (non-hydrogen) atoms. The molecule has 2 rings (SSSR count). The smallest absolute Gasteiger partial charge is 0.375 e. The van der Waals surface area contributed by atoms with E-state index in [1.54, 1.807) is 13.0 Å². The molecule has 7 heteroatoms. The number of aryl methyl sites for hydroxylation is 1. The highest BCUT2D eigenvalue weighted by molar-refractivity contribution is 5.97. The second-order valence-corrected chi connectivity index (χ2v) is 4.89. The number of carbonyl (C=O) groups excluding carboxylic acids is 3. The third kappa shape index (κ3) is 4.19. The molecule has 1 atom stereocenters. The lowest BCUT2D eigenvalue weighted by atomic mass is 10.2. The van der Waals surface area contributed by atoms with Crippen molar-refractivity contribution in [2.45, 2.75) is 20.0 Å². The summed E-state index contributed by atoms with van der Waals surface area (Å²) in [5.41, 5.74) is 5.92. The van der Waals surface area contributed by atoms with E-state index in [1.165, 1.54) is 37.3 Å². The Morgan fingerprint density at radius 2 is 1.78 bits per heavy atom. The zero-order chi connectivity index (χ0) is 17.0. The van der Waals surface area contributed by atoms with Gasteiger partial charge in [-0.05, 0) is 50.2 Å². The highest BCUT2D eigenvalue weighted by atomic mass is 16.6. The van der Waals surface area contributed by atoms with E-state index in [9.17, 15) is 14.4 Å². The summed E-state index contributed by atoms with van der Waals surface area (Å²) in [6, 6.07) is 9.14. The number of ether oxygens (including phenoxy) is 1. The van der Waals surface area contributed by atoms with Gasteiger partial charge in [0.2, 0.25) is 11.7 Å². The summed E-state index contributed by atoms with van der Waals surface area (Å²) in [6.45, 7) is 3.14. The van der Waals surface area contributed by atoms with E-state index in [1.807, 2.05) is 0 Å². The number of nitrogens with two attached hydrogens (primary N) is 1. The van der Waals surface area contributed by atoms with Crippen LogP contribution >= 0.6 is 0 Å². The van der Waals surface area contributed by atoms with Gasteiger partial charge in [-0.3, -0.25) is 9.59 Å². The van der Waals surface area contributed by atoms with Gasteiger partial charge in [0, 0.05) is 11.3 Å². The first kappa shape index (κ1) is 16.3. The minimum Gasteiger partial charge on any atom is -0.454 e. The van der Waals surface area contributed by atoms with Gasteiger partial charge in [0.15, 0.2) is 6.10 Å². The van der Waals surface area contributed by atoms with Crippen LogP contribution in [0.3, 0.4) is 0 Å². The number of nitrogens with one attached hydrogen (secondary N) is 1. The lowest BCUT2D eigenvalue weighted by molar-refractivity contribution is -0.123. The molecule has 3 N–H and O–H groups in total. The third-order valence-electron chi connectivity index (χ3n) is 3.03. The first-order valence-corrected chi connectivity index (χ1v) is 6.85. The van der Waals surface area contributed by atoms with Gasteiger partial charge < -0.3 is 20.2 Å². The summed E-state index contributed by atoms with van der Waals surface area (Å²) in [7, 11) is 0. The SMILES string of the molecule is Cc1ccc(C(=O)O[C@H](C)C(=O)Nc2ccc(C(N)=O)cc2)o1. The molecule has 2 aromatic rings. The molecule has 1 aromatic carbocycles. The maximum absolute atomic E-state index is 12.0. The molecule has 0 saturated heterocycles. The third-order valence-corrected chi connectivity index (χ3v) is 3.03. The Morgan fingerprint density at radius 3 is 2.30 bits per heavy atom. The largest absolute Gasteiger partial charge is 0.454 e. The van der Waals surface area contributed by atoms with Crippen molar-refractivity contribution in [1.82, 2.24) is 0 Å². The Balaban J connectivity index is 1.94. The predicted octanol–water partition coefficient (Wildman–Crippen LogP) is 1.87. The fourth-order valence-electron chi connectivity index (χ4n) is 1.78. The second kappa shape index (κ2) is 6.78. The van der Waals surface area contributed by atoms with Crippen LogP contribution in [0.5, 0.6) is 0 Å². The Bertz CT molecular complexity index is 733. The Morgan fingerprint density at radius 1 is 1.13 bits per heavy atom. The molecular weight excluding hydrogens is 300 g/mol. The van der Waals surface area contributed by atoms with E-state index in [0.717, 1.165) is 0 Å². The average molecular weight is 316 g/mol. The van der Waals surface area contributed by atoms with Crippen LogP contribution in [-0.4, -0.2) is 23.9 Å². The number of anilines is 1. The molecule has 2 amide bonds. The number of rotatable bonds is 5. The van der Waals surface area contributed by atoms with Crippen LogP contribution in [-0.2, 0) is 9.53 Å². The van der Waals surface area contributed by atoms with Crippen LogP contribution in [0, 0.1) is 6.92 Å². The van der Waals surface area contributed by atoms with Crippen LogP contribution in [0.15, 0.2) is 40.8 Å². The number of primary amides is 1. The number of carbonyl (C=O) groups is 3. The van der Waals surface area contributed by atoms with Gasteiger partial charge in [0.1, 0.15) is 5.76 Å². The van der Waals surface area contributed by atoms with Crippen molar-refractivity contribution < 1.29 is 23.5 Å². The minimum absolute atomic E-state index is 0.0351. The van der Waals surface area contributed by atoms with Gasteiger partial charge in [-0.15, -0.1) is 0 Å². The normalized spacial score (nSPS) is 11.6. The summed E-state index contributed by atoms with van der Waals surface area (Å²) in [4.78, 5) is 34.8. The lowest BCUT2D eigenvalue weighted by Crippen LogP contribution is -2.29. The number of esters is 1. The second-order valence-electron chi connectivity index (χ2n) is 4.89. The van der Waals surface area contributed by atoms with Crippen molar-refractivity contribution in [2.24, 2.45) is 5.73 Å². The van der Waals surface area contributed by atoms with Crippen molar-refractivity contribution >= 4 is 23.5 Å². The van der Waals surface area contributed by atoms with Gasteiger partial charge in [0.25, 0.3) is 5.91 Å². The fourth-order valence-corrected chi connectivity index (χ4v) is 1.78. The van der Waals surface area contributed by atoms with E-state index < -0.39 is 23.9 Å². The summed E-state index contributed by atoms with van der Waals surface area (Å²) in [6.07, 6.45) is -1.01. The van der Waals surface area contributed by atoms with Gasteiger partial charge in [-0.25, -0.2) is 4.79 Å². The van der Waals surface area contributed by atoms with Crippen LogP contribution in [0.2, 0.25) is 0 Å². The molecular formula is C16H16N2O5. The number of hydrogen-bond donors (Lipinski definition) is 2. The van der Waals surface area contributed by atoms with Crippen LogP contribution in [0.1, 0.15) is 33.6 Å². The predicted molar refractivity (Wildman–Crippen MR) is 81.9 cm³/mol. The molecule has 0 aliphatic rings. The van der Waals surface area contributed by atoms with Crippen LogP contribution in [0.25, 0.3) is 0 Å². The van der Waals surface area contributed by atoms with E-state index in [-0.39, 0.29) is 5.76 Å². The van der Waals surface area contributed by atoms with Gasteiger partial charge in [0.05, 0.1) is 0 Å². The zero-order valence-electron chi connectivity index (χ0n) is 12.7. The van der Waals surface area contributed by atoms with Crippen molar-refractivity contribution in [3.05, 3.63) is 53.5 Å². The molecule has 1 aromatic heterocycles. The molecule has 7 nitrogen and oxygen atoms in total. The Hall–Kier alpha value is -3.09. The molecule has 0 spiro atoms. The highest BCUT2D eigenvalue weighted by Crippen LogP contribution is 2.12. The molecule has 0 saturated carbocycles.